The minimum atomic E-state index is -0.617. The largest absolute Gasteiger partial charge is 0.493 e. The van der Waals surface area contributed by atoms with Gasteiger partial charge in [-0.1, -0.05) is 6.58 Å². The third-order valence-electron chi connectivity index (χ3n) is 2.49. The average molecular weight is 281 g/mol. The van der Waals surface area contributed by atoms with E-state index in [1.54, 1.807) is 0 Å². The lowest BCUT2D eigenvalue weighted by Crippen LogP contribution is -2.07. The minimum Gasteiger partial charge on any atom is -0.493 e. The number of nitrogens with zero attached hydrogens (tertiary/aromatic N) is 1. The molecule has 1 aromatic rings. The van der Waals surface area contributed by atoms with Gasteiger partial charge in [0.1, 0.15) is 6.61 Å². The lowest BCUT2D eigenvalue weighted by molar-refractivity contribution is -0.385. The Hall–Kier alpha value is -2.57. The Morgan fingerprint density at radius 3 is 2.30 bits per heavy atom. The first-order valence-electron chi connectivity index (χ1n) is 5.62. The highest BCUT2D eigenvalue weighted by atomic mass is 16.6. The van der Waals surface area contributed by atoms with E-state index in [1.165, 1.54) is 33.3 Å². The molecule has 0 aliphatic rings. The van der Waals surface area contributed by atoms with Crippen molar-refractivity contribution in [2.75, 3.05) is 14.2 Å². The summed E-state index contributed by atoms with van der Waals surface area (Å²) in [4.78, 5) is 21.8. The predicted molar refractivity (Wildman–Crippen MR) is 70.8 cm³/mol. The number of benzene rings is 1. The SMILES string of the molecule is C=C(C)C(=O)OCc1cc(OC)c(OC)cc1[N+](=O)[O-]. The van der Waals surface area contributed by atoms with Crippen LogP contribution in [0.25, 0.3) is 0 Å². The molecule has 0 amide bonds. The summed E-state index contributed by atoms with van der Waals surface area (Å²) in [6.45, 7) is 4.68. The van der Waals surface area contributed by atoms with Crippen LogP contribution in [0, 0.1) is 10.1 Å². The third-order valence-corrected chi connectivity index (χ3v) is 2.49. The van der Waals surface area contributed by atoms with Gasteiger partial charge >= 0.3 is 5.97 Å². The summed E-state index contributed by atoms with van der Waals surface area (Å²) in [5.41, 5.74) is 0.215. The van der Waals surface area contributed by atoms with Crippen LogP contribution in [0.5, 0.6) is 11.5 Å². The molecule has 0 heterocycles. The minimum absolute atomic E-state index is 0.210. The molecule has 0 aliphatic carbocycles. The maximum Gasteiger partial charge on any atom is 0.333 e. The fraction of sp³-hybridized carbons (Fsp3) is 0.308. The number of rotatable bonds is 6. The van der Waals surface area contributed by atoms with Crippen LogP contribution in [0.2, 0.25) is 0 Å². The van der Waals surface area contributed by atoms with Crippen LogP contribution in [0.4, 0.5) is 5.69 Å². The Morgan fingerprint density at radius 1 is 1.30 bits per heavy atom. The van der Waals surface area contributed by atoms with Crippen LogP contribution in [0.15, 0.2) is 24.3 Å². The van der Waals surface area contributed by atoms with Crippen molar-refractivity contribution in [2.24, 2.45) is 0 Å². The van der Waals surface area contributed by atoms with Crippen molar-refractivity contribution < 1.29 is 23.9 Å². The van der Waals surface area contributed by atoms with Crippen molar-refractivity contribution in [3.8, 4) is 11.5 Å². The van der Waals surface area contributed by atoms with Gasteiger partial charge in [-0.05, 0) is 13.0 Å². The quantitative estimate of drug-likeness (QED) is 0.344. The van der Waals surface area contributed by atoms with Crippen molar-refractivity contribution >= 4 is 11.7 Å². The number of esters is 1. The van der Waals surface area contributed by atoms with Crippen LogP contribution in [0.1, 0.15) is 12.5 Å². The standard InChI is InChI=1S/C13H15NO6/c1-8(2)13(15)20-7-9-5-11(18-3)12(19-4)6-10(9)14(16)17/h5-6H,1,7H2,2-4H3. The molecule has 108 valence electrons. The third kappa shape index (κ3) is 3.47. The van der Waals surface area contributed by atoms with Gasteiger partial charge in [0.15, 0.2) is 11.5 Å². The Bertz CT molecular complexity index is 552. The Kier molecular flexibility index (Phi) is 5.08. The van der Waals surface area contributed by atoms with E-state index in [4.69, 9.17) is 14.2 Å². The number of ether oxygens (including phenoxy) is 3. The molecule has 20 heavy (non-hydrogen) atoms. The van der Waals surface area contributed by atoms with E-state index in [0.717, 1.165) is 0 Å². The van der Waals surface area contributed by atoms with Gasteiger partial charge in [-0.15, -0.1) is 0 Å². The number of carbonyl (C=O) groups is 1. The average Bonchev–Trinajstić information content (AvgIpc) is 2.43. The van der Waals surface area contributed by atoms with Crippen LogP contribution < -0.4 is 9.47 Å². The van der Waals surface area contributed by atoms with Gasteiger partial charge in [-0.3, -0.25) is 10.1 Å². The summed E-state index contributed by atoms with van der Waals surface area (Å²) in [7, 11) is 2.79. The van der Waals surface area contributed by atoms with E-state index < -0.39 is 10.9 Å². The zero-order valence-electron chi connectivity index (χ0n) is 11.5. The molecule has 0 fully saturated rings. The Balaban J connectivity index is 3.12. The zero-order chi connectivity index (χ0) is 15.3. The number of hydrogen-bond donors (Lipinski definition) is 0. The number of hydrogen-bond acceptors (Lipinski definition) is 6. The Labute approximate surface area is 115 Å². The highest BCUT2D eigenvalue weighted by molar-refractivity contribution is 5.86. The van der Waals surface area contributed by atoms with Crippen molar-refractivity contribution in [3.05, 3.63) is 40.0 Å². The topological polar surface area (TPSA) is 87.9 Å². The van der Waals surface area contributed by atoms with E-state index in [1.807, 2.05) is 0 Å². The van der Waals surface area contributed by atoms with Gasteiger partial charge in [0, 0.05) is 5.57 Å². The van der Waals surface area contributed by atoms with Gasteiger partial charge in [0.25, 0.3) is 5.69 Å². The molecule has 0 aromatic heterocycles. The van der Waals surface area contributed by atoms with Gasteiger partial charge in [-0.25, -0.2) is 4.79 Å². The molecular formula is C13H15NO6. The summed E-state index contributed by atoms with van der Waals surface area (Å²) < 4.78 is 15.0. The second-order valence-electron chi connectivity index (χ2n) is 3.95. The maximum atomic E-state index is 11.3. The first-order valence-corrected chi connectivity index (χ1v) is 5.62. The van der Waals surface area contributed by atoms with Crippen molar-refractivity contribution in [1.29, 1.82) is 0 Å². The van der Waals surface area contributed by atoms with E-state index in [0.29, 0.717) is 5.75 Å². The second-order valence-corrected chi connectivity index (χ2v) is 3.95. The van der Waals surface area contributed by atoms with Crippen molar-refractivity contribution in [3.63, 3.8) is 0 Å². The number of methoxy groups -OCH3 is 2. The first kappa shape index (κ1) is 15.5. The molecule has 0 saturated heterocycles. The second kappa shape index (κ2) is 6.55. The summed E-state index contributed by atoms with van der Waals surface area (Å²) >= 11 is 0. The lowest BCUT2D eigenvalue weighted by Gasteiger charge is -2.11. The lowest BCUT2D eigenvalue weighted by atomic mass is 10.1. The highest BCUT2D eigenvalue weighted by Gasteiger charge is 2.20. The Morgan fingerprint density at radius 2 is 1.85 bits per heavy atom. The van der Waals surface area contributed by atoms with Crippen molar-refractivity contribution in [2.45, 2.75) is 13.5 Å². The molecule has 0 saturated carbocycles. The predicted octanol–water partition coefficient (Wildman–Crippen LogP) is 2.23. The monoisotopic (exact) mass is 281 g/mol. The van der Waals surface area contributed by atoms with Crippen LogP contribution >= 0.6 is 0 Å². The summed E-state index contributed by atoms with van der Waals surface area (Å²) in [6.07, 6.45) is 0. The molecule has 1 rings (SSSR count). The molecule has 0 N–H and O–H groups in total. The smallest absolute Gasteiger partial charge is 0.333 e. The van der Waals surface area contributed by atoms with Gasteiger partial charge in [0.2, 0.25) is 0 Å². The van der Waals surface area contributed by atoms with E-state index >= 15 is 0 Å². The summed E-state index contributed by atoms with van der Waals surface area (Å²) in [5.74, 6) is -0.0669. The van der Waals surface area contributed by atoms with Gasteiger partial charge in [-0.2, -0.15) is 0 Å². The van der Waals surface area contributed by atoms with Gasteiger partial charge in [0.05, 0.1) is 30.8 Å². The normalized spacial score (nSPS) is 9.75. The number of nitro groups is 1. The van der Waals surface area contributed by atoms with E-state index in [9.17, 15) is 14.9 Å². The fourth-order valence-electron chi connectivity index (χ4n) is 1.46. The van der Waals surface area contributed by atoms with Crippen LogP contribution in [-0.4, -0.2) is 25.1 Å². The number of carbonyl (C=O) groups excluding carboxylic acids is 1. The zero-order valence-corrected chi connectivity index (χ0v) is 11.5. The molecular weight excluding hydrogens is 266 g/mol. The molecule has 0 atom stereocenters. The van der Waals surface area contributed by atoms with Gasteiger partial charge < -0.3 is 14.2 Å². The molecule has 7 nitrogen and oxygen atoms in total. The molecule has 0 spiro atoms. The van der Waals surface area contributed by atoms with E-state index in [-0.39, 0.29) is 29.2 Å². The molecule has 7 heteroatoms. The molecule has 0 unspecified atom stereocenters. The summed E-state index contributed by atoms with van der Waals surface area (Å²) in [6, 6.07) is 2.63. The highest BCUT2D eigenvalue weighted by Crippen LogP contribution is 2.34. The first-order chi connectivity index (χ1) is 9.40. The summed E-state index contributed by atoms with van der Waals surface area (Å²) in [5, 5.41) is 11.0. The molecule has 0 aliphatic heterocycles. The number of nitro benzene ring substituents is 1. The maximum absolute atomic E-state index is 11.3. The fourth-order valence-corrected chi connectivity index (χ4v) is 1.46. The van der Waals surface area contributed by atoms with Crippen molar-refractivity contribution in [1.82, 2.24) is 0 Å². The van der Waals surface area contributed by atoms with Crippen LogP contribution in [0.3, 0.4) is 0 Å². The molecule has 0 radical (unpaired) electrons. The molecule has 1 aromatic carbocycles. The van der Waals surface area contributed by atoms with E-state index in [2.05, 4.69) is 6.58 Å². The molecule has 0 bridgehead atoms. The van der Waals surface area contributed by atoms with Crippen LogP contribution in [-0.2, 0) is 16.1 Å².